The third kappa shape index (κ3) is 4.83. The molecule has 0 saturated carbocycles. The SMILES string of the molecule is CC1(c2ccccc2)NC(=O)N(CC(=O)NCC(=O)NCCc2ccccc2)C1=O. The number of nitrogens with one attached hydrogen (secondary N) is 3. The Morgan fingerprint density at radius 1 is 0.933 bits per heavy atom. The largest absolute Gasteiger partial charge is 0.354 e. The van der Waals surface area contributed by atoms with Crippen LogP contribution in [0.5, 0.6) is 0 Å². The lowest BCUT2D eigenvalue weighted by Gasteiger charge is -2.22. The summed E-state index contributed by atoms with van der Waals surface area (Å²) in [6.45, 7) is 1.36. The van der Waals surface area contributed by atoms with E-state index < -0.39 is 29.9 Å². The van der Waals surface area contributed by atoms with Gasteiger partial charge < -0.3 is 16.0 Å². The lowest BCUT2D eigenvalue weighted by molar-refractivity contribution is -0.135. The zero-order valence-electron chi connectivity index (χ0n) is 16.7. The highest BCUT2D eigenvalue weighted by Gasteiger charge is 2.49. The number of hydrogen-bond donors (Lipinski definition) is 3. The van der Waals surface area contributed by atoms with Crippen LogP contribution in [0.15, 0.2) is 60.7 Å². The molecule has 0 aliphatic carbocycles. The average Bonchev–Trinajstić information content (AvgIpc) is 2.97. The number of rotatable bonds is 8. The molecule has 1 aliphatic heterocycles. The first-order valence-corrected chi connectivity index (χ1v) is 9.67. The van der Waals surface area contributed by atoms with E-state index >= 15 is 0 Å². The molecule has 156 valence electrons. The molecular weight excluding hydrogens is 384 g/mol. The summed E-state index contributed by atoms with van der Waals surface area (Å²) in [6, 6.07) is 17.9. The molecule has 3 rings (SSSR count). The standard InChI is InChI=1S/C22H24N4O4/c1-22(17-10-6-3-7-11-17)20(29)26(21(30)25-22)15-19(28)24-14-18(27)23-13-12-16-8-4-2-5-9-16/h2-11H,12-15H2,1H3,(H,23,27)(H,24,28)(H,25,30). The molecule has 0 aromatic heterocycles. The second kappa shape index (κ2) is 9.21. The molecule has 8 heteroatoms. The molecule has 0 bridgehead atoms. The minimum atomic E-state index is -1.23. The van der Waals surface area contributed by atoms with E-state index in [-0.39, 0.29) is 12.5 Å². The average molecular weight is 408 g/mol. The van der Waals surface area contributed by atoms with E-state index in [9.17, 15) is 19.2 Å². The van der Waals surface area contributed by atoms with E-state index in [0.29, 0.717) is 18.5 Å². The van der Waals surface area contributed by atoms with Crippen LogP contribution >= 0.6 is 0 Å². The summed E-state index contributed by atoms with van der Waals surface area (Å²) in [5.41, 5.74) is 0.499. The first kappa shape index (κ1) is 21.0. The van der Waals surface area contributed by atoms with Crippen LogP contribution in [0.4, 0.5) is 4.79 Å². The number of benzene rings is 2. The summed E-state index contributed by atoms with van der Waals surface area (Å²) in [5.74, 6) is -1.44. The van der Waals surface area contributed by atoms with Gasteiger partial charge in [0.15, 0.2) is 0 Å². The van der Waals surface area contributed by atoms with Gasteiger partial charge in [-0.2, -0.15) is 0 Å². The van der Waals surface area contributed by atoms with Gasteiger partial charge in [-0.1, -0.05) is 60.7 Å². The topological polar surface area (TPSA) is 108 Å². The van der Waals surface area contributed by atoms with Crippen LogP contribution in [0.1, 0.15) is 18.1 Å². The van der Waals surface area contributed by atoms with Gasteiger partial charge in [-0.05, 0) is 24.5 Å². The monoisotopic (exact) mass is 408 g/mol. The van der Waals surface area contributed by atoms with Gasteiger partial charge in [0.2, 0.25) is 11.8 Å². The maximum Gasteiger partial charge on any atom is 0.325 e. The zero-order chi connectivity index (χ0) is 21.6. The van der Waals surface area contributed by atoms with Gasteiger partial charge in [0.05, 0.1) is 6.54 Å². The number of carbonyl (C=O) groups excluding carboxylic acids is 4. The number of nitrogens with zero attached hydrogens (tertiary/aromatic N) is 1. The molecule has 5 amide bonds. The lowest BCUT2D eigenvalue weighted by Crippen LogP contribution is -2.45. The summed E-state index contributed by atoms with van der Waals surface area (Å²) >= 11 is 0. The van der Waals surface area contributed by atoms with Crippen molar-refractivity contribution in [2.75, 3.05) is 19.6 Å². The van der Waals surface area contributed by atoms with Crippen LogP contribution < -0.4 is 16.0 Å². The summed E-state index contributed by atoms with van der Waals surface area (Å²) < 4.78 is 0. The van der Waals surface area contributed by atoms with Crippen LogP contribution in [0.25, 0.3) is 0 Å². The Balaban J connectivity index is 1.46. The quantitative estimate of drug-likeness (QED) is 0.565. The molecule has 0 spiro atoms. The van der Waals surface area contributed by atoms with Gasteiger partial charge in [-0.15, -0.1) is 0 Å². The van der Waals surface area contributed by atoms with E-state index in [1.54, 1.807) is 31.2 Å². The first-order chi connectivity index (χ1) is 14.4. The summed E-state index contributed by atoms with van der Waals surface area (Å²) in [7, 11) is 0. The summed E-state index contributed by atoms with van der Waals surface area (Å²) in [6.07, 6.45) is 0.682. The van der Waals surface area contributed by atoms with Crippen molar-refractivity contribution in [2.45, 2.75) is 18.9 Å². The van der Waals surface area contributed by atoms with Crippen molar-refractivity contribution in [1.82, 2.24) is 20.9 Å². The third-order valence-corrected chi connectivity index (χ3v) is 4.95. The molecule has 1 atom stereocenters. The molecule has 1 unspecified atom stereocenters. The molecule has 2 aromatic rings. The van der Waals surface area contributed by atoms with Crippen LogP contribution in [0.3, 0.4) is 0 Å². The van der Waals surface area contributed by atoms with Crippen LogP contribution in [0.2, 0.25) is 0 Å². The second-order valence-electron chi connectivity index (χ2n) is 7.17. The van der Waals surface area contributed by atoms with Crippen LogP contribution in [-0.4, -0.2) is 48.3 Å². The highest BCUT2D eigenvalue weighted by atomic mass is 16.2. The van der Waals surface area contributed by atoms with Crippen molar-refractivity contribution in [3.63, 3.8) is 0 Å². The van der Waals surface area contributed by atoms with Crippen molar-refractivity contribution in [1.29, 1.82) is 0 Å². The Kier molecular flexibility index (Phi) is 6.46. The normalized spacial score (nSPS) is 18.1. The maximum atomic E-state index is 12.8. The van der Waals surface area contributed by atoms with Gasteiger partial charge in [-0.25, -0.2) is 4.79 Å². The maximum absolute atomic E-state index is 12.8. The Morgan fingerprint density at radius 2 is 1.57 bits per heavy atom. The Labute approximate surface area is 174 Å². The number of amides is 5. The molecule has 8 nitrogen and oxygen atoms in total. The van der Waals surface area contributed by atoms with E-state index in [1.807, 2.05) is 36.4 Å². The smallest absolute Gasteiger partial charge is 0.325 e. The predicted molar refractivity (Wildman–Crippen MR) is 110 cm³/mol. The van der Waals surface area contributed by atoms with Crippen LogP contribution in [-0.2, 0) is 26.3 Å². The van der Waals surface area contributed by atoms with Gasteiger partial charge >= 0.3 is 6.03 Å². The van der Waals surface area contributed by atoms with Crippen LogP contribution in [0, 0.1) is 0 Å². The van der Waals surface area contributed by atoms with Gasteiger partial charge in [0.25, 0.3) is 5.91 Å². The predicted octanol–water partition coefficient (Wildman–Crippen LogP) is 0.929. The van der Waals surface area contributed by atoms with Gasteiger partial charge in [0.1, 0.15) is 12.1 Å². The molecule has 30 heavy (non-hydrogen) atoms. The fraction of sp³-hybridized carbons (Fsp3) is 0.273. The molecule has 1 heterocycles. The number of carbonyl (C=O) groups is 4. The molecule has 2 aromatic carbocycles. The first-order valence-electron chi connectivity index (χ1n) is 9.67. The molecule has 1 fully saturated rings. The number of urea groups is 1. The zero-order valence-corrected chi connectivity index (χ0v) is 16.7. The van der Waals surface area contributed by atoms with E-state index in [4.69, 9.17) is 0 Å². The number of hydrogen-bond acceptors (Lipinski definition) is 4. The molecular formula is C22H24N4O4. The summed E-state index contributed by atoms with van der Waals surface area (Å²) in [5, 5.41) is 7.80. The van der Waals surface area contributed by atoms with E-state index in [1.165, 1.54) is 0 Å². The van der Waals surface area contributed by atoms with Gasteiger partial charge in [0, 0.05) is 6.54 Å². The Morgan fingerprint density at radius 3 is 2.23 bits per heavy atom. The summed E-state index contributed by atoms with van der Waals surface area (Å²) in [4.78, 5) is 50.0. The third-order valence-electron chi connectivity index (χ3n) is 4.95. The van der Waals surface area contributed by atoms with Crippen molar-refractivity contribution in [2.24, 2.45) is 0 Å². The number of imide groups is 1. The Bertz CT molecular complexity index is 933. The van der Waals surface area contributed by atoms with Crippen molar-refractivity contribution in [3.8, 4) is 0 Å². The van der Waals surface area contributed by atoms with Crippen molar-refractivity contribution >= 4 is 23.8 Å². The highest BCUT2D eigenvalue weighted by molar-refractivity contribution is 6.09. The minimum Gasteiger partial charge on any atom is -0.354 e. The molecule has 1 saturated heterocycles. The second-order valence-corrected chi connectivity index (χ2v) is 7.17. The minimum absolute atomic E-state index is 0.229. The van der Waals surface area contributed by atoms with E-state index in [0.717, 1.165) is 10.5 Å². The highest BCUT2D eigenvalue weighted by Crippen LogP contribution is 2.28. The fourth-order valence-electron chi connectivity index (χ4n) is 3.24. The Hall–Kier alpha value is -3.68. The van der Waals surface area contributed by atoms with Crippen molar-refractivity contribution < 1.29 is 19.2 Å². The molecule has 3 N–H and O–H groups in total. The lowest BCUT2D eigenvalue weighted by atomic mass is 9.92. The fourth-order valence-corrected chi connectivity index (χ4v) is 3.24. The van der Waals surface area contributed by atoms with Gasteiger partial charge in [-0.3, -0.25) is 19.3 Å². The molecule has 1 aliphatic rings. The molecule has 0 radical (unpaired) electrons. The van der Waals surface area contributed by atoms with E-state index in [2.05, 4.69) is 16.0 Å². The van der Waals surface area contributed by atoms with Crippen molar-refractivity contribution in [3.05, 3.63) is 71.8 Å².